The molecule has 1 aromatic heterocycles. The minimum atomic E-state index is -0.481. The number of rotatable bonds is 6. The molecule has 1 rings (SSSR count). The van der Waals surface area contributed by atoms with Gasteiger partial charge in [-0.2, -0.15) is 0 Å². The molecule has 6 heteroatoms. The minimum Gasteiger partial charge on any atom is -0.370 e. The predicted octanol–water partition coefficient (Wildman–Crippen LogP) is 3.25. The van der Waals surface area contributed by atoms with Crippen molar-refractivity contribution < 1.29 is 4.92 Å². The first-order chi connectivity index (χ1) is 7.63. The molecule has 0 aliphatic heterocycles. The van der Waals surface area contributed by atoms with Gasteiger partial charge in [0.15, 0.2) is 0 Å². The first-order valence-electron chi connectivity index (χ1n) is 5.19. The molecule has 88 valence electrons. The summed E-state index contributed by atoms with van der Waals surface area (Å²) in [6.07, 6.45) is 3.26. The summed E-state index contributed by atoms with van der Waals surface area (Å²) in [4.78, 5) is 14.1. The highest BCUT2D eigenvalue weighted by atomic mass is 35.5. The Balaban J connectivity index is 2.62. The third-order valence-corrected chi connectivity index (χ3v) is 2.27. The lowest BCUT2D eigenvalue weighted by Crippen LogP contribution is -2.04. The Morgan fingerprint density at radius 2 is 2.25 bits per heavy atom. The number of nitro groups is 1. The predicted molar refractivity (Wildman–Crippen MR) is 63.9 cm³/mol. The number of halogens is 1. The van der Waals surface area contributed by atoms with Crippen molar-refractivity contribution in [3.8, 4) is 0 Å². The van der Waals surface area contributed by atoms with Gasteiger partial charge in [-0.15, -0.1) is 0 Å². The maximum Gasteiger partial charge on any atom is 0.276 e. The highest BCUT2D eigenvalue weighted by Gasteiger charge is 2.09. The topological polar surface area (TPSA) is 68.1 Å². The molecule has 0 bridgehead atoms. The van der Waals surface area contributed by atoms with E-state index in [2.05, 4.69) is 17.2 Å². The normalized spacial score (nSPS) is 10.1. The maximum atomic E-state index is 10.6. The maximum absolute atomic E-state index is 10.6. The van der Waals surface area contributed by atoms with Crippen LogP contribution < -0.4 is 5.32 Å². The van der Waals surface area contributed by atoms with Crippen LogP contribution in [0.4, 0.5) is 11.5 Å². The van der Waals surface area contributed by atoms with E-state index in [-0.39, 0.29) is 10.8 Å². The van der Waals surface area contributed by atoms with E-state index >= 15 is 0 Å². The van der Waals surface area contributed by atoms with E-state index in [4.69, 9.17) is 11.6 Å². The van der Waals surface area contributed by atoms with Gasteiger partial charge in [-0.25, -0.2) is 4.98 Å². The summed E-state index contributed by atoms with van der Waals surface area (Å²) < 4.78 is 0. The molecule has 1 heterocycles. The molecular formula is C10H14ClN3O2. The van der Waals surface area contributed by atoms with Crippen LogP contribution in [0.3, 0.4) is 0 Å². The molecule has 0 spiro atoms. The molecule has 0 saturated heterocycles. The Morgan fingerprint density at radius 1 is 1.50 bits per heavy atom. The van der Waals surface area contributed by atoms with Crippen molar-refractivity contribution in [2.24, 2.45) is 0 Å². The number of aromatic nitrogens is 1. The standard InChI is InChI=1S/C10H14ClN3O2/c1-2-3-4-5-12-10-7-8(14(15)16)6-9(11)13-10/h6-7H,2-5H2,1H3,(H,12,13). The molecule has 0 atom stereocenters. The zero-order valence-corrected chi connectivity index (χ0v) is 9.83. The first kappa shape index (κ1) is 12.7. The van der Waals surface area contributed by atoms with Gasteiger partial charge in [0, 0.05) is 6.54 Å². The van der Waals surface area contributed by atoms with Crippen LogP contribution in [0.25, 0.3) is 0 Å². The van der Waals surface area contributed by atoms with E-state index in [1.165, 1.54) is 12.1 Å². The number of unbranched alkanes of at least 4 members (excludes halogenated alkanes) is 2. The van der Waals surface area contributed by atoms with Gasteiger partial charge in [0.25, 0.3) is 5.69 Å². The molecule has 1 aromatic rings. The second kappa shape index (κ2) is 6.27. The summed E-state index contributed by atoms with van der Waals surface area (Å²) in [5.41, 5.74) is -0.0435. The van der Waals surface area contributed by atoms with Crippen molar-refractivity contribution in [2.45, 2.75) is 26.2 Å². The molecule has 0 amide bonds. The fraction of sp³-hybridized carbons (Fsp3) is 0.500. The Kier molecular flexibility index (Phi) is 4.98. The van der Waals surface area contributed by atoms with E-state index in [1.54, 1.807) is 0 Å². The van der Waals surface area contributed by atoms with Crippen LogP contribution >= 0.6 is 11.6 Å². The van der Waals surface area contributed by atoms with Crippen LogP contribution in [0, 0.1) is 10.1 Å². The molecule has 1 N–H and O–H groups in total. The average molecular weight is 244 g/mol. The SMILES string of the molecule is CCCCCNc1cc([N+](=O)[O-])cc(Cl)n1. The van der Waals surface area contributed by atoms with E-state index in [0.29, 0.717) is 5.82 Å². The quantitative estimate of drug-likeness (QED) is 0.360. The van der Waals surface area contributed by atoms with Crippen molar-refractivity contribution in [2.75, 3.05) is 11.9 Å². The zero-order chi connectivity index (χ0) is 12.0. The number of pyridine rings is 1. The summed E-state index contributed by atoms with van der Waals surface area (Å²) in [6.45, 7) is 2.86. The van der Waals surface area contributed by atoms with Gasteiger partial charge in [-0.05, 0) is 6.42 Å². The summed E-state index contributed by atoms with van der Waals surface area (Å²) in [6, 6.07) is 2.62. The van der Waals surface area contributed by atoms with Crippen molar-refractivity contribution in [1.82, 2.24) is 4.98 Å². The molecule has 16 heavy (non-hydrogen) atoms. The van der Waals surface area contributed by atoms with Gasteiger partial charge in [0.2, 0.25) is 0 Å². The van der Waals surface area contributed by atoms with Crippen LogP contribution in [-0.4, -0.2) is 16.5 Å². The number of hydrogen-bond acceptors (Lipinski definition) is 4. The van der Waals surface area contributed by atoms with Crippen LogP contribution in [0.1, 0.15) is 26.2 Å². The Bertz CT molecular complexity index is 371. The van der Waals surface area contributed by atoms with Gasteiger partial charge < -0.3 is 5.32 Å². The summed E-state index contributed by atoms with van der Waals surface area (Å²) >= 11 is 5.68. The Labute approximate surface area is 99.0 Å². The summed E-state index contributed by atoms with van der Waals surface area (Å²) in [5.74, 6) is 0.454. The molecule has 0 aliphatic carbocycles. The van der Waals surface area contributed by atoms with Crippen LogP contribution in [0.2, 0.25) is 5.15 Å². The zero-order valence-electron chi connectivity index (χ0n) is 9.07. The lowest BCUT2D eigenvalue weighted by molar-refractivity contribution is -0.384. The number of nitrogens with zero attached hydrogens (tertiary/aromatic N) is 2. The van der Waals surface area contributed by atoms with E-state index in [0.717, 1.165) is 25.8 Å². The minimum absolute atomic E-state index is 0.0435. The highest BCUT2D eigenvalue weighted by Crippen LogP contribution is 2.20. The van der Waals surface area contributed by atoms with Gasteiger partial charge >= 0.3 is 0 Å². The van der Waals surface area contributed by atoms with E-state index in [9.17, 15) is 10.1 Å². The molecule has 0 aromatic carbocycles. The second-order valence-corrected chi connectivity index (χ2v) is 3.81. The van der Waals surface area contributed by atoms with Gasteiger partial charge in [-0.1, -0.05) is 31.4 Å². The molecule has 0 radical (unpaired) electrons. The second-order valence-electron chi connectivity index (χ2n) is 3.42. The number of nitrogens with one attached hydrogen (secondary N) is 1. The molecular weight excluding hydrogens is 230 g/mol. The molecule has 0 unspecified atom stereocenters. The highest BCUT2D eigenvalue weighted by molar-refractivity contribution is 6.29. The van der Waals surface area contributed by atoms with Gasteiger partial charge in [0.1, 0.15) is 11.0 Å². The lowest BCUT2D eigenvalue weighted by Gasteiger charge is -2.04. The van der Waals surface area contributed by atoms with Crippen molar-refractivity contribution in [3.05, 3.63) is 27.4 Å². The molecule has 5 nitrogen and oxygen atoms in total. The summed E-state index contributed by atoms with van der Waals surface area (Å²) in [5, 5.41) is 13.7. The van der Waals surface area contributed by atoms with E-state index in [1.807, 2.05) is 0 Å². The van der Waals surface area contributed by atoms with Crippen molar-refractivity contribution >= 4 is 23.1 Å². The smallest absolute Gasteiger partial charge is 0.276 e. The monoisotopic (exact) mass is 243 g/mol. The van der Waals surface area contributed by atoms with Gasteiger partial charge in [-0.3, -0.25) is 10.1 Å². The van der Waals surface area contributed by atoms with Crippen molar-refractivity contribution in [1.29, 1.82) is 0 Å². The number of hydrogen-bond donors (Lipinski definition) is 1. The largest absolute Gasteiger partial charge is 0.370 e. The van der Waals surface area contributed by atoms with Crippen molar-refractivity contribution in [3.63, 3.8) is 0 Å². The molecule has 0 fully saturated rings. The third kappa shape index (κ3) is 4.02. The van der Waals surface area contributed by atoms with E-state index < -0.39 is 4.92 Å². The fourth-order valence-electron chi connectivity index (χ4n) is 1.27. The molecule has 0 aliphatic rings. The van der Waals surface area contributed by atoms with Crippen LogP contribution in [-0.2, 0) is 0 Å². The summed E-state index contributed by atoms with van der Waals surface area (Å²) in [7, 11) is 0. The van der Waals surface area contributed by atoms with Crippen LogP contribution in [0.15, 0.2) is 12.1 Å². The Hall–Kier alpha value is -1.36. The molecule has 0 saturated carbocycles. The van der Waals surface area contributed by atoms with Gasteiger partial charge in [0.05, 0.1) is 17.1 Å². The first-order valence-corrected chi connectivity index (χ1v) is 5.57. The lowest BCUT2D eigenvalue weighted by atomic mass is 10.2. The Morgan fingerprint density at radius 3 is 2.88 bits per heavy atom. The van der Waals surface area contributed by atoms with Crippen LogP contribution in [0.5, 0.6) is 0 Å². The third-order valence-electron chi connectivity index (χ3n) is 2.08. The fourth-order valence-corrected chi connectivity index (χ4v) is 1.47. The number of anilines is 1. The average Bonchev–Trinajstić information content (AvgIpc) is 2.23.